The van der Waals surface area contributed by atoms with Crippen LogP contribution in [0.5, 0.6) is 0 Å². The molecule has 2 aromatic carbocycles. The van der Waals surface area contributed by atoms with Crippen molar-refractivity contribution in [2.45, 2.75) is 25.5 Å². The fourth-order valence-corrected chi connectivity index (χ4v) is 5.57. The van der Waals surface area contributed by atoms with Crippen molar-refractivity contribution in [3.05, 3.63) is 45.7 Å². The highest BCUT2D eigenvalue weighted by Gasteiger charge is 2.27. The predicted octanol–water partition coefficient (Wildman–Crippen LogP) is 4.61. The quantitative estimate of drug-likeness (QED) is 0.555. The second kappa shape index (κ2) is 9.03. The van der Waals surface area contributed by atoms with E-state index in [0.717, 1.165) is 25.3 Å². The Hall–Kier alpha value is -2.11. The van der Waals surface area contributed by atoms with Crippen LogP contribution >= 0.6 is 23.2 Å². The van der Waals surface area contributed by atoms with E-state index in [2.05, 4.69) is 15.0 Å². The van der Waals surface area contributed by atoms with E-state index in [4.69, 9.17) is 23.2 Å². The van der Waals surface area contributed by atoms with Crippen molar-refractivity contribution in [1.29, 1.82) is 0 Å². The smallest absolute Gasteiger partial charge is 0.301 e. The Kier molecular flexibility index (Phi) is 6.51. The number of fused-ring (bicyclic) bond motifs is 1. The molecule has 2 aromatic rings. The summed E-state index contributed by atoms with van der Waals surface area (Å²) < 4.78 is 43.9. The minimum absolute atomic E-state index is 0.0413. The summed E-state index contributed by atoms with van der Waals surface area (Å²) in [5.41, 5.74) is 1.03. The van der Waals surface area contributed by atoms with Crippen LogP contribution in [0, 0.1) is 5.82 Å². The topological polar surface area (TPSA) is 97.3 Å². The predicted molar refractivity (Wildman–Crippen MR) is 125 cm³/mol. The van der Waals surface area contributed by atoms with E-state index in [1.807, 2.05) is 0 Å². The number of anilines is 3. The van der Waals surface area contributed by atoms with Gasteiger partial charge in [0.05, 0.1) is 39.1 Å². The number of halogens is 3. The molecule has 1 fully saturated rings. The highest BCUT2D eigenvalue weighted by atomic mass is 35.5. The first-order valence-electron chi connectivity index (χ1n) is 9.98. The molecule has 0 spiro atoms. The molecule has 0 saturated carbocycles. The van der Waals surface area contributed by atoms with Gasteiger partial charge in [-0.25, -0.2) is 9.38 Å². The fourth-order valence-electron chi connectivity index (χ4n) is 3.65. The number of aliphatic imine (C=N–C) groups is 1. The number of nitrogens with one attached hydrogen (secondary N) is 2. The molecule has 8 nitrogen and oxygen atoms in total. The average Bonchev–Trinajstić information content (AvgIpc) is 2.77. The minimum Gasteiger partial charge on any atom is -0.369 e. The molecular weight excluding hydrogens is 480 g/mol. The van der Waals surface area contributed by atoms with Gasteiger partial charge in [-0.05, 0) is 37.1 Å². The van der Waals surface area contributed by atoms with Gasteiger partial charge in [0.1, 0.15) is 5.82 Å². The summed E-state index contributed by atoms with van der Waals surface area (Å²) in [4.78, 5) is 5.69. The number of aliphatic hydroxyl groups is 1. The lowest BCUT2D eigenvalue weighted by atomic mass is 10.1. The maximum Gasteiger partial charge on any atom is 0.301 e. The third kappa shape index (κ3) is 4.38. The molecule has 2 aliphatic rings. The van der Waals surface area contributed by atoms with E-state index in [1.54, 1.807) is 19.2 Å². The normalized spacial score (nSPS) is 19.0. The van der Waals surface area contributed by atoms with Crippen LogP contribution in [0.15, 0.2) is 29.3 Å². The number of hydrogen-bond donors (Lipinski definition) is 3. The van der Waals surface area contributed by atoms with E-state index in [0.29, 0.717) is 24.3 Å². The van der Waals surface area contributed by atoms with E-state index in [1.165, 1.54) is 21.6 Å². The van der Waals surface area contributed by atoms with Crippen molar-refractivity contribution in [3.8, 4) is 0 Å². The van der Waals surface area contributed by atoms with E-state index in [9.17, 15) is 17.9 Å². The molecule has 12 heteroatoms. The molecule has 1 unspecified atom stereocenters. The van der Waals surface area contributed by atoms with Gasteiger partial charge in [-0.1, -0.05) is 29.6 Å². The second-order valence-electron chi connectivity index (χ2n) is 7.62. The molecule has 1 saturated heterocycles. The molecule has 3 N–H and O–H groups in total. The Bertz CT molecular complexity index is 1170. The van der Waals surface area contributed by atoms with Crippen LogP contribution in [0.2, 0.25) is 10.0 Å². The van der Waals surface area contributed by atoms with Crippen LogP contribution in [0.1, 0.15) is 31.1 Å². The zero-order valence-corrected chi connectivity index (χ0v) is 19.5. The highest BCUT2D eigenvalue weighted by molar-refractivity contribution is 7.90. The van der Waals surface area contributed by atoms with E-state index >= 15 is 0 Å². The average molecular weight is 502 g/mol. The molecule has 0 radical (unpaired) electrons. The number of piperidine rings is 1. The maximum absolute atomic E-state index is 14.7. The van der Waals surface area contributed by atoms with Gasteiger partial charge in [0.2, 0.25) is 0 Å². The zero-order chi connectivity index (χ0) is 23.0. The van der Waals surface area contributed by atoms with Gasteiger partial charge in [-0.15, -0.1) is 0 Å². The van der Waals surface area contributed by atoms with Crippen LogP contribution < -0.4 is 10.0 Å². The van der Waals surface area contributed by atoms with E-state index < -0.39 is 22.3 Å². The molecule has 2 aliphatic heterocycles. The molecule has 32 heavy (non-hydrogen) atoms. The van der Waals surface area contributed by atoms with Gasteiger partial charge >= 0.3 is 10.2 Å². The maximum atomic E-state index is 14.7. The molecule has 0 bridgehead atoms. The Morgan fingerprint density at radius 1 is 1.09 bits per heavy atom. The summed E-state index contributed by atoms with van der Waals surface area (Å²) in [7, 11) is -2.19. The third-order valence-corrected chi connectivity index (χ3v) is 7.75. The molecule has 0 amide bonds. The van der Waals surface area contributed by atoms with Crippen LogP contribution in [-0.4, -0.2) is 49.2 Å². The summed E-state index contributed by atoms with van der Waals surface area (Å²) in [6.07, 6.45) is 3.00. The summed E-state index contributed by atoms with van der Waals surface area (Å²) in [6, 6.07) is 5.59. The van der Waals surface area contributed by atoms with Crippen molar-refractivity contribution in [2.75, 3.05) is 30.2 Å². The van der Waals surface area contributed by atoms with Gasteiger partial charge in [0.15, 0.2) is 6.23 Å². The van der Waals surface area contributed by atoms with Crippen LogP contribution in [0.4, 0.5) is 27.1 Å². The monoisotopic (exact) mass is 501 g/mol. The van der Waals surface area contributed by atoms with Crippen molar-refractivity contribution in [3.63, 3.8) is 0 Å². The summed E-state index contributed by atoms with van der Waals surface area (Å²) >= 11 is 12.9. The molecule has 4 rings (SSSR count). The highest BCUT2D eigenvalue weighted by Crippen LogP contribution is 2.43. The van der Waals surface area contributed by atoms with Gasteiger partial charge < -0.3 is 15.3 Å². The zero-order valence-electron chi connectivity index (χ0n) is 17.1. The van der Waals surface area contributed by atoms with Gasteiger partial charge in [-0.3, -0.25) is 4.72 Å². The lowest BCUT2D eigenvalue weighted by molar-refractivity contribution is 0.0711. The third-order valence-electron chi connectivity index (χ3n) is 5.42. The number of benzene rings is 2. The Morgan fingerprint density at radius 3 is 2.50 bits per heavy atom. The van der Waals surface area contributed by atoms with Crippen molar-refractivity contribution in [2.24, 2.45) is 4.99 Å². The first-order valence-corrected chi connectivity index (χ1v) is 12.2. The van der Waals surface area contributed by atoms with Crippen molar-refractivity contribution < 1.29 is 17.9 Å². The minimum atomic E-state index is -3.83. The van der Waals surface area contributed by atoms with E-state index in [-0.39, 0.29) is 27.1 Å². The van der Waals surface area contributed by atoms with Gasteiger partial charge in [0, 0.05) is 25.7 Å². The van der Waals surface area contributed by atoms with Crippen molar-refractivity contribution >= 4 is 62.5 Å². The second-order valence-corrected chi connectivity index (χ2v) is 10.0. The van der Waals surface area contributed by atoms with Crippen LogP contribution in [0.3, 0.4) is 0 Å². The molecule has 0 aromatic heterocycles. The standard InChI is InChI=1S/C20H22Cl2FN5O3S/c1-27-11-24-13-7-8-14(17(21)16(13)20(27)29)25-19-12(23)5-6-15(18(19)22)26-32(30,31)28-9-3-2-4-10-28/h5-8,11,20,25-26,29H,2-4,9-10H2,1H3. The van der Waals surface area contributed by atoms with Crippen LogP contribution in [-0.2, 0) is 10.2 Å². The molecular formula is C20H22Cl2FN5O3S. The molecule has 172 valence electrons. The van der Waals surface area contributed by atoms with Crippen LogP contribution in [0.25, 0.3) is 0 Å². The molecule has 0 aliphatic carbocycles. The number of rotatable bonds is 5. The summed E-state index contributed by atoms with van der Waals surface area (Å²) in [5.74, 6) is -0.694. The Balaban J connectivity index is 1.65. The number of nitrogens with zero attached hydrogens (tertiary/aromatic N) is 3. The fraction of sp³-hybridized carbons (Fsp3) is 0.350. The first-order chi connectivity index (χ1) is 15.2. The number of hydrogen-bond acceptors (Lipinski definition) is 6. The lowest BCUT2D eigenvalue weighted by Gasteiger charge is -2.28. The Labute approximate surface area is 195 Å². The first kappa shape index (κ1) is 23.1. The lowest BCUT2D eigenvalue weighted by Crippen LogP contribution is -2.39. The van der Waals surface area contributed by atoms with Crippen molar-refractivity contribution in [1.82, 2.24) is 9.21 Å². The SMILES string of the molecule is CN1C=Nc2ccc(Nc3c(F)ccc(NS(=O)(=O)N4CCCCC4)c3Cl)c(Cl)c2C1O. The summed E-state index contributed by atoms with van der Waals surface area (Å²) in [5, 5.41) is 13.3. The summed E-state index contributed by atoms with van der Waals surface area (Å²) in [6.45, 7) is 0.840. The Morgan fingerprint density at radius 2 is 1.78 bits per heavy atom. The molecule has 1 atom stereocenters. The van der Waals surface area contributed by atoms with Gasteiger partial charge in [-0.2, -0.15) is 12.7 Å². The molecule has 2 heterocycles. The van der Waals surface area contributed by atoms with Gasteiger partial charge in [0.25, 0.3) is 0 Å². The largest absolute Gasteiger partial charge is 0.369 e. The number of aliphatic hydroxyl groups excluding tert-OH is 1.